The van der Waals surface area contributed by atoms with E-state index in [1.54, 1.807) is 6.92 Å². The zero-order chi connectivity index (χ0) is 9.42. The molecule has 0 radical (unpaired) electrons. The van der Waals surface area contributed by atoms with E-state index in [4.69, 9.17) is 4.74 Å². The van der Waals surface area contributed by atoms with Crippen LogP contribution < -0.4 is 10.1 Å². The Morgan fingerprint density at radius 2 is 2.31 bits per heavy atom. The molecule has 3 nitrogen and oxygen atoms in total. The van der Waals surface area contributed by atoms with Gasteiger partial charge in [0.1, 0.15) is 11.6 Å². The van der Waals surface area contributed by atoms with E-state index < -0.39 is 11.9 Å². The molecule has 0 saturated heterocycles. The van der Waals surface area contributed by atoms with Crippen molar-refractivity contribution in [3.05, 3.63) is 24.0 Å². The van der Waals surface area contributed by atoms with E-state index >= 15 is 0 Å². The number of rotatable bonds is 0. The molecule has 1 amide bonds. The number of benzene rings is 1. The van der Waals surface area contributed by atoms with Crippen LogP contribution >= 0.6 is 0 Å². The van der Waals surface area contributed by atoms with Crippen molar-refractivity contribution in [2.75, 3.05) is 5.32 Å². The molecule has 68 valence electrons. The molecule has 1 atom stereocenters. The summed E-state index contributed by atoms with van der Waals surface area (Å²) in [5, 5.41) is 2.55. The lowest BCUT2D eigenvalue weighted by molar-refractivity contribution is -0.122. The molecule has 1 aromatic rings. The minimum Gasteiger partial charge on any atom is -0.479 e. The van der Waals surface area contributed by atoms with Crippen molar-refractivity contribution in [2.24, 2.45) is 0 Å². The summed E-state index contributed by atoms with van der Waals surface area (Å²) in [5.74, 6) is -0.135. The summed E-state index contributed by atoms with van der Waals surface area (Å²) in [4.78, 5) is 11.1. The largest absolute Gasteiger partial charge is 0.479 e. The number of halogens is 1. The molecule has 0 aromatic heterocycles. The van der Waals surface area contributed by atoms with Crippen LogP contribution in [0.3, 0.4) is 0 Å². The van der Waals surface area contributed by atoms with E-state index in [9.17, 15) is 9.18 Å². The van der Waals surface area contributed by atoms with Gasteiger partial charge in [-0.15, -0.1) is 0 Å². The summed E-state index contributed by atoms with van der Waals surface area (Å²) >= 11 is 0. The molecule has 0 fully saturated rings. The lowest BCUT2D eigenvalue weighted by atomic mass is 10.2. The van der Waals surface area contributed by atoms with Gasteiger partial charge < -0.3 is 10.1 Å². The number of ether oxygens (including phenoxy) is 1. The number of nitrogens with one attached hydrogen (secondary N) is 1. The zero-order valence-electron chi connectivity index (χ0n) is 7.00. The van der Waals surface area contributed by atoms with E-state index in [1.165, 1.54) is 18.2 Å². The van der Waals surface area contributed by atoms with Crippen LogP contribution in [0.1, 0.15) is 6.92 Å². The van der Waals surface area contributed by atoms with Crippen LogP contribution in [0.4, 0.5) is 10.1 Å². The van der Waals surface area contributed by atoms with E-state index in [0.717, 1.165) is 0 Å². The third kappa shape index (κ3) is 1.35. The normalized spacial score (nSPS) is 20.2. The highest BCUT2D eigenvalue weighted by molar-refractivity contribution is 5.97. The van der Waals surface area contributed by atoms with Crippen LogP contribution in [0.15, 0.2) is 18.2 Å². The lowest BCUT2D eigenvalue weighted by Gasteiger charge is -2.22. The number of fused-ring (bicyclic) bond motifs is 1. The third-order valence-corrected chi connectivity index (χ3v) is 1.87. The second-order valence-corrected chi connectivity index (χ2v) is 2.89. The maximum absolute atomic E-state index is 12.7. The third-order valence-electron chi connectivity index (χ3n) is 1.87. The summed E-state index contributed by atoms with van der Waals surface area (Å²) in [7, 11) is 0. The van der Waals surface area contributed by atoms with Gasteiger partial charge in [-0.05, 0) is 19.1 Å². The van der Waals surface area contributed by atoms with Gasteiger partial charge in [-0.25, -0.2) is 4.39 Å². The number of anilines is 1. The van der Waals surface area contributed by atoms with Crippen molar-refractivity contribution in [2.45, 2.75) is 13.0 Å². The van der Waals surface area contributed by atoms with Gasteiger partial charge in [0.25, 0.3) is 5.91 Å². The Bertz CT molecular complexity index is 365. The highest BCUT2D eigenvalue weighted by Gasteiger charge is 2.23. The first kappa shape index (κ1) is 8.04. The summed E-state index contributed by atoms with van der Waals surface area (Å²) in [5.41, 5.74) is 0.392. The number of carbonyl (C=O) groups is 1. The molecule has 0 saturated carbocycles. The van der Waals surface area contributed by atoms with Crippen molar-refractivity contribution in [3.8, 4) is 5.75 Å². The monoisotopic (exact) mass is 181 g/mol. The van der Waals surface area contributed by atoms with E-state index in [1.807, 2.05) is 0 Å². The molecule has 0 bridgehead atoms. The average molecular weight is 181 g/mol. The molecule has 1 aliphatic heterocycles. The fourth-order valence-electron chi connectivity index (χ4n) is 1.18. The first-order valence-electron chi connectivity index (χ1n) is 3.94. The van der Waals surface area contributed by atoms with E-state index in [0.29, 0.717) is 11.4 Å². The molecule has 0 spiro atoms. The summed E-state index contributed by atoms with van der Waals surface area (Å²) in [6, 6.07) is 4.03. The lowest BCUT2D eigenvalue weighted by Crippen LogP contribution is -2.34. The van der Waals surface area contributed by atoms with E-state index in [-0.39, 0.29) is 5.91 Å². The molecule has 2 rings (SSSR count). The van der Waals surface area contributed by atoms with Gasteiger partial charge in [0.2, 0.25) is 0 Å². The predicted molar refractivity (Wildman–Crippen MR) is 45.1 cm³/mol. The van der Waals surface area contributed by atoms with Crippen LogP contribution in [0.2, 0.25) is 0 Å². The topological polar surface area (TPSA) is 38.3 Å². The van der Waals surface area contributed by atoms with Gasteiger partial charge in [-0.2, -0.15) is 0 Å². The van der Waals surface area contributed by atoms with Crippen molar-refractivity contribution < 1.29 is 13.9 Å². The maximum atomic E-state index is 12.7. The molecular weight excluding hydrogens is 173 g/mol. The molecule has 1 N–H and O–H groups in total. The SMILES string of the molecule is CC1Oc2ccc(F)cc2NC1=O. The molecule has 13 heavy (non-hydrogen) atoms. The Hall–Kier alpha value is -1.58. The molecule has 0 aliphatic carbocycles. The predicted octanol–water partition coefficient (Wildman–Crippen LogP) is 1.55. The zero-order valence-corrected chi connectivity index (χ0v) is 7.00. The van der Waals surface area contributed by atoms with Gasteiger partial charge in [0.15, 0.2) is 6.10 Å². The van der Waals surface area contributed by atoms with Crippen molar-refractivity contribution in [3.63, 3.8) is 0 Å². The molecule has 1 heterocycles. The van der Waals surface area contributed by atoms with Gasteiger partial charge >= 0.3 is 0 Å². The van der Waals surface area contributed by atoms with Gasteiger partial charge in [0.05, 0.1) is 5.69 Å². The summed E-state index contributed by atoms with van der Waals surface area (Å²) in [6.45, 7) is 1.64. The molecular formula is C9H8FNO2. The van der Waals surface area contributed by atoms with Crippen LogP contribution in [-0.4, -0.2) is 12.0 Å². The Morgan fingerprint density at radius 3 is 3.08 bits per heavy atom. The second-order valence-electron chi connectivity index (χ2n) is 2.89. The number of amides is 1. The van der Waals surface area contributed by atoms with Gasteiger partial charge in [-0.1, -0.05) is 0 Å². The van der Waals surface area contributed by atoms with Crippen molar-refractivity contribution in [1.29, 1.82) is 0 Å². The Kier molecular flexibility index (Phi) is 1.69. The average Bonchev–Trinajstić information content (AvgIpc) is 2.08. The second kappa shape index (κ2) is 2.73. The maximum Gasteiger partial charge on any atom is 0.265 e. The number of hydrogen-bond acceptors (Lipinski definition) is 2. The minimum absolute atomic E-state index is 0.252. The van der Waals surface area contributed by atoms with Crippen LogP contribution in [0.5, 0.6) is 5.75 Å². The molecule has 1 aliphatic rings. The first-order chi connectivity index (χ1) is 6.16. The number of hydrogen-bond donors (Lipinski definition) is 1. The fourth-order valence-corrected chi connectivity index (χ4v) is 1.18. The van der Waals surface area contributed by atoms with E-state index in [2.05, 4.69) is 5.32 Å². The van der Waals surface area contributed by atoms with Gasteiger partial charge in [-0.3, -0.25) is 4.79 Å². The Morgan fingerprint density at radius 1 is 1.54 bits per heavy atom. The Balaban J connectivity index is 2.42. The van der Waals surface area contributed by atoms with Crippen LogP contribution in [0, 0.1) is 5.82 Å². The summed E-state index contributed by atoms with van der Waals surface area (Å²) in [6.07, 6.45) is -0.516. The highest BCUT2D eigenvalue weighted by atomic mass is 19.1. The smallest absolute Gasteiger partial charge is 0.265 e. The summed E-state index contributed by atoms with van der Waals surface area (Å²) < 4.78 is 17.9. The van der Waals surface area contributed by atoms with Crippen molar-refractivity contribution in [1.82, 2.24) is 0 Å². The molecule has 1 aromatic carbocycles. The quantitative estimate of drug-likeness (QED) is 0.659. The standard InChI is InChI=1S/C9H8FNO2/c1-5-9(12)11-7-4-6(10)2-3-8(7)13-5/h2-5H,1H3,(H,11,12). The molecule has 4 heteroatoms. The highest BCUT2D eigenvalue weighted by Crippen LogP contribution is 2.29. The minimum atomic E-state index is -0.516. The fraction of sp³-hybridized carbons (Fsp3) is 0.222. The Labute approximate surface area is 74.5 Å². The molecule has 1 unspecified atom stereocenters. The van der Waals surface area contributed by atoms with Gasteiger partial charge in [0, 0.05) is 6.07 Å². The number of carbonyl (C=O) groups excluding carboxylic acids is 1. The van der Waals surface area contributed by atoms with Crippen LogP contribution in [-0.2, 0) is 4.79 Å². The van der Waals surface area contributed by atoms with Crippen LogP contribution in [0.25, 0.3) is 0 Å². The van der Waals surface area contributed by atoms with Crippen molar-refractivity contribution >= 4 is 11.6 Å². The first-order valence-corrected chi connectivity index (χ1v) is 3.94.